The molecular formula is C11H22NP. The molecule has 1 N–H and O–H groups in total. The highest BCUT2D eigenvalue weighted by molar-refractivity contribution is 7.18. The van der Waals surface area contributed by atoms with Crippen molar-refractivity contribution < 1.29 is 0 Å². The lowest BCUT2D eigenvalue weighted by molar-refractivity contribution is 0.377. The van der Waals surface area contributed by atoms with Crippen LogP contribution in [0.25, 0.3) is 0 Å². The lowest BCUT2D eigenvalue weighted by Crippen LogP contribution is -2.19. The van der Waals surface area contributed by atoms with Gasteiger partial charge in [0, 0.05) is 0 Å². The van der Waals surface area contributed by atoms with Crippen LogP contribution in [-0.2, 0) is 0 Å². The summed E-state index contributed by atoms with van der Waals surface area (Å²) in [5.41, 5.74) is 1.72. The maximum atomic E-state index is 3.53. The van der Waals surface area contributed by atoms with E-state index in [0.717, 1.165) is 11.1 Å². The molecule has 1 saturated heterocycles. The first-order valence-electron chi connectivity index (χ1n) is 5.80. The first-order valence-corrected chi connectivity index (χ1v) is 6.46. The first-order chi connectivity index (χ1) is 6.33. The minimum absolute atomic E-state index is 0.768. The second-order valence-electron chi connectivity index (χ2n) is 4.84. The van der Waals surface area contributed by atoms with Crippen LogP contribution in [0.15, 0.2) is 0 Å². The summed E-state index contributed by atoms with van der Waals surface area (Å²) >= 11 is 0. The quantitative estimate of drug-likeness (QED) is 0.591. The molecule has 2 heteroatoms. The van der Waals surface area contributed by atoms with Crippen LogP contribution in [0, 0.1) is 5.41 Å². The zero-order valence-electron chi connectivity index (χ0n) is 8.52. The maximum Gasteiger partial charge on any atom is -0.00487 e. The molecule has 1 aliphatic carbocycles. The fourth-order valence-electron chi connectivity index (χ4n) is 2.67. The number of hydrogen-bond acceptors (Lipinski definition) is 1. The Balaban J connectivity index is 1.82. The molecule has 0 amide bonds. The minimum atomic E-state index is 0.768. The number of nitrogens with one attached hydrogen (secondary N) is 1. The van der Waals surface area contributed by atoms with Gasteiger partial charge in [-0.1, -0.05) is 12.8 Å². The largest absolute Gasteiger partial charge is 0.317 e. The van der Waals surface area contributed by atoms with Gasteiger partial charge in [0.1, 0.15) is 0 Å². The van der Waals surface area contributed by atoms with Gasteiger partial charge in [-0.3, -0.25) is 0 Å². The van der Waals surface area contributed by atoms with Gasteiger partial charge in [-0.05, 0) is 56.3 Å². The highest BCUT2D eigenvalue weighted by Crippen LogP contribution is 2.58. The van der Waals surface area contributed by atoms with Gasteiger partial charge in [0.15, 0.2) is 0 Å². The summed E-state index contributed by atoms with van der Waals surface area (Å²) in [6, 6.07) is 0. The smallest absolute Gasteiger partial charge is 0.00487 e. The van der Waals surface area contributed by atoms with Crippen molar-refractivity contribution in [2.24, 2.45) is 5.41 Å². The Hall–Kier alpha value is 0.390. The van der Waals surface area contributed by atoms with Crippen LogP contribution in [0.3, 0.4) is 0 Å². The summed E-state index contributed by atoms with van der Waals surface area (Å²) in [7, 11) is 3.04. The van der Waals surface area contributed by atoms with Crippen LogP contribution in [0.2, 0.25) is 0 Å². The van der Waals surface area contributed by atoms with E-state index < -0.39 is 0 Å². The second-order valence-corrected chi connectivity index (χ2v) is 5.64. The molecule has 0 aromatic carbocycles. The van der Waals surface area contributed by atoms with Gasteiger partial charge in [0.25, 0.3) is 0 Å². The van der Waals surface area contributed by atoms with E-state index in [9.17, 15) is 0 Å². The van der Waals surface area contributed by atoms with E-state index in [1.165, 1.54) is 58.0 Å². The molecule has 0 radical (unpaired) electrons. The van der Waals surface area contributed by atoms with Crippen LogP contribution in [0.5, 0.6) is 0 Å². The predicted molar refractivity (Wildman–Crippen MR) is 61.1 cm³/mol. The van der Waals surface area contributed by atoms with E-state index in [4.69, 9.17) is 0 Å². The molecule has 1 saturated carbocycles. The van der Waals surface area contributed by atoms with Crippen LogP contribution in [0.1, 0.15) is 44.9 Å². The molecule has 1 aliphatic heterocycles. The fourth-order valence-corrected chi connectivity index (χ4v) is 3.48. The average molecular weight is 199 g/mol. The van der Waals surface area contributed by atoms with Gasteiger partial charge < -0.3 is 5.32 Å². The van der Waals surface area contributed by atoms with Crippen LogP contribution in [-0.4, -0.2) is 18.7 Å². The Labute approximate surface area is 84.3 Å². The Bertz CT molecular complexity index is 159. The van der Waals surface area contributed by atoms with Crippen molar-refractivity contribution in [3.63, 3.8) is 0 Å². The third-order valence-electron chi connectivity index (χ3n) is 3.81. The molecule has 2 aliphatic rings. The Morgan fingerprint density at radius 3 is 2.46 bits per heavy atom. The number of hydrogen-bond donors (Lipinski definition) is 1. The van der Waals surface area contributed by atoms with Gasteiger partial charge in [-0.15, -0.1) is 9.24 Å². The summed E-state index contributed by atoms with van der Waals surface area (Å²) in [6.45, 7) is 2.50. The fraction of sp³-hybridized carbons (Fsp3) is 1.00. The van der Waals surface area contributed by atoms with E-state index >= 15 is 0 Å². The van der Waals surface area contributed by atoms with Gasteiger partial charge in [-0.2, -0.15) is 0 Å². The highest BCUT2D eigenvalue weighted by atomic mass is 31.0. The summed E-state index contributed by atoms with van der Waals surface area (Å²) in [4.78, 5) is 0. The molecule has 76 valence electrons. The minimum Gasteiger partial charge on any atom is -0.317 e. The summed E-state index contributed by atoms with van der Waals surface area (Å²) < 4.78 is 0. The van der Waals surface area contributed by atoms with Crippen molar-refractivity contribution in [1.29, 1.82) is 0 Å². The summed E-state index contributed by atoms with van der Waals surface area (Å²) in [5.74, 6) is 0. The second kappa shape index (κ2) is 4.28. The maximum absolute atomic E-state index is 3.53. The van der Waals surface area contributed by atoms with Crippen LogP contribution in [0.4, 0.5) is 0 Å². The topological polar surface area (TPSA) is 12.0 Å². The summed E-state index contributed by atoms with van der Waals surface area (Å²) in [5, 5.41) is 3.53. The highest BCUT2D eigenvalue weighted by Gasteiger charge is 2.49. The SMILES string of the molecule is PC1CC12CCCCCNCCC2. The molecule has 2 fully saturated rings. The molecule has 2 rings (SSSR count). The van der Waals surface area contributed by atoms with Gasteiger partial charge in [0.2, 0.25) is 0 Å². The van der Waals surface area contributed by atoms with Gasteiger partial charge >= 0.3 is 0 Å². The normalized spacial score (nSPS) is 41.8. The molecule has 0 bridgehead atoms. The van der Waals surface area contributed by atoms with Crippen molar-refractivity contribution in [3.05, 3.63) is 0 Å². The van der Waals surface area contributed by atoms with E-state index in [-0.39, 0.29) is 0 Å². The molecule has 0 aromatic rings. The molecule has 1 spiro atoms. The lowest BCUT2D eigenvalue weighted by Gasteiger charge is -2.18. The predicted octanol–water partition coefficient (Wildman–Crippen LogP) is 2.56. The molecule has 0 aromatic heterocycles. The van der Waals surface area contributed by atoms with E-state index in [1.54, 1.807) is 0 Å². The molecular weight excluding hydrogens is 177 g/mol. The lowest BCUT2D eigenvalue weighted by atomic mass is 9.92. The third-order valence-corrected chi connectivity index (χ3v) is 4.75. The molecule has 3 atom stereocenters. The van der Waals surface area contributed by atoms with E-state index in [1.807, 2.05) is 0 Å². The van der Waals surface area contributed by atoms with Crippen LogP contribution >= 0.6 is 9.24 Å². The third kappa shape index (κ3) is 2.44. The monoisotopic (exact) mass is 199 g/mol. The first kappa shape index (κ1) is 9.93. The Morgan fingerprint density at radius 1 is 1.00 bits per heavy atom. The van der Waals surface area contributed by atoms with E-state index in [0.29, 0.717) is 0 Å². The molecule has 3 unspecified atom stereocenters. The zero-order valence-corrected chi connectivity index (χ0v) is 9.67. The van der Waals surface area contributed by atoms with Crippen molar-refractivity contribution in [1.82, 2.24) is 5.32 Å². The Kier molecular flexibility index (Phi) is 3.26. The van der Waals surface area contributed by atoms with Gasteiger partial charge in [0.05, 0.1) is 0 Å². The molecule has 13 heavy (non-hydrogen) atoms. The standard InChI is InChI=1S/C11H22NP/c13-10-9-11(10)5-2-1-3-7-12-8-4-6-11/h10,12H,1-9,13H2. The van der Waals surface area contributed by atoms with Crippen LogP contribution < -0.4 is 5.32 Å². The van der Waals surface area contributed by atoms with Crippen molar-refractivity contribution in [2.45, 2.75) is 50.6 Å². The van der Waals surface area contributed by atoms with Gasteiger partial charge in [-0.25, -0.2) is 0 Å². The summed E-state index contributed by atoms with van der Waals surface area (Å²) in [6.07, 6.45) is 10.1. The number of rotatable bonds is 0. The zero-order chi connectivity index (χ0) is 9.15. The average Bonchev–Trinajstić information content (AvgIpc) is 2.75. The molecule has 1 nitrogen and oxygen atoms in total. The van der Waals surface area contributed by atoms with Crippen molar-refractivity contribution in [3.8, 4) is 0 Å². The van der Waals surface area contributed by atoms with Crippen molar-refractivity contribution >= 4 is 9.24 Å². The molecule has 1 heterocycles. The Morgan fingerprint density at radius 2 is 1.69 bits per heavy atom. The van der Waals surface area contributed by atoms with E-state index in [2.05, 4.69) is 14.6 Å². The van der Waals surface area contributed by atoms with Crippen molar-refractivity contribution in [2.75, 3.05) is 13.1 Å².